The third-order valence-electron chi connectivity index (χ3n) is 2.17. The van der Waals surface area contributed by atoms with E-state index in [-0.39, 0.29) is 0 Å². The minimum Gasteiger partial charge on any atom is -0.308 e. The van der Waals surface area contributed by atoms with Gasteiger partial charge in [-0.05, 0) is 18.6 Å². The molecule has 74 valence electrons. The summed E-state index contributed by atoms with van der Waals surface area (Å²) < 4.78 is 12.1. The van der Waals surface area contributed by atoms with Crippen LogP contribution in [0.25, 0.3) is 10.9 Å². The zero-order valence-electron chi connectivity index (χ0n) is 7.58. The number of hydrogen-bond donors (Lipinski definition) is 2. The highest BCUT2D eigenvalue weighted by atomic mass is 31.2. The third kappa shape index (κ3) is 1.38. The molecule has 0 aliphatic carbocycles. The minimum atomic E-state index is -4.23. The molecule has 1 aromatic carbocycles. The minimum absolute atomic E-state index is 0.568. The standard InChI is InChI=1S/C9H10NO3P/c1-7-6-10(14(11,12)13)9-5-3-2-4-8(7)9/h2-6H,1H3,(H2,11,12,13). The first-order valence-electron chi connectivity index (χ1n) is 4.13. The first kappa shape index (κ1) is 9.46. The summed E-state index contributed by atoms with van der Waals surface area (Å²) in [6, 6.07) is 7.14. The molecule has 0 saturated carbocycles. The molecule has 4 nitrogen and oxygen atoms in total. The third-order valence-corrected chi connectivity index (χ3v) is 3.06. The molecule has 0 fully saturated rings. The van der Waals surface area contributed by atoms with E-state index in [1.165, 1.54) is 6.20 Å². The Balaban J connectivity index is 2.86. The Morgan fingerprint density at radius 2 is 1.93 bits per heavy atom. The highest BCUT2D eigenvalue weighted by molar-refractivity contribution is 7.50. The summed E-state index contributed by atoms with van der Waals surface area (Å²) >= 11 is 0. The molecular weight excluding hydrogens is 201 g/mol. The summed E-state index contributed by atoms with van der Waals surface area (Å²) in [5, 5.41) is 0.871. The van der Waals surface area contributed by atoms with Crippen molar-refractivity contribution >= 4 is 18.6 Å². The van der Waals surface area contributed by atoms with Crippen LogP contribution in [0.2, 0.25) is 0 Å². The largest absolute Gasteiger partial charge is 0.434 e. The summed E-state index contributed by atoms with van der Waals surface area (Å²) in [5.41, 5.74) is 1.43. The normalized spacial score (nSPS) is 12.2. The average Bonchev–Trinajstić information content (AvgIpc) is 2.44. The molecule has 2 N–H and O–H groups in total. The van der Waals surface area contributed by atoms with E-state index in [4.69, 9.17) is 9.79 Å². The fraction of sp³-hybridized carbons (Fsp3) is 0.111. The lowest BCUT2D eigenvalue weighted by atomic mass is 10.2. The summed E-state index contributed by atoms with van der Waals surface area (Å²) in [6.07, 6.45) is 1.48. The van der Waals surface area contributed by atoms with E-state index >= 15 is 0 Å². The smallest absolute Gasteiger partial charge is 0.308 e. The maximum Gasteiger partial charge on any atom is 0.434 e. The number of fused-ring (bicyclic) bond motifs is 1. The Morgan fingerprint density at radius 3 is 2.57 bits per heavy atom. The van der Waals surface area contributed by atoms with Crippen LogP contribution in [0.15, 0.2) is 30.5 Å². The Morgan fingerprint density at radius 1 is 1.29 bits per heavy atom. The maximum absolute atomic E-state index is 11.1. The first-order chi connectivity index (χ1) is 6.50. The lowest BCUT2D eigenvalue weighted by molar-refractivity contribution is 0.363. The summed E-state index contributed by atoms with van der Waals surface area (Å²) in [4.78, 5) is 18.1. The molecule has 0 aliphatic rings. The number of para-hydroxylation sites is 1. The summed E-state index contributed by atoms with van der Waals surface area (Å²) in [6.45, 7) is 1.83. The molecule has 2 aromatic rings. The molecule has 0 atom stereocenters. The second kappa shape index (κ2) is 2.95. The molecule has 2 rings (SSSR count). The molecule has 0 aliphatic heterocycles. The van der Waals surface area contributed by atoms with Crippen molar-refractivity contribution in [1.29, 1.82) is 0 Å². The molecule has 0 spiro atoms. The summed E-state index contributed by atoms with van der Waals surface area (Å²) in [7, 11) is -4.23. The van der Waals surface area contributed by atoms with Gasteiger partial charge in [0.25, 0.3) is 0 Å². The number of rotatable bonds is 1. The molecule has 0 saturated heterocycles. The molecule has 5 heteroatoms. The number of hydrogen-bond acceptors (Lipinski definition) is 1. The molecule has 1 heterocycles. The van der Waals surface area contributed by atoms with Gasteiger partial charge in [-0.1, -0.05) is 18.2 Å². The van der Waals surface area contributed by atoms with Crippen LogP contribution in [0, 0.1) is 6.92 Å². The van der Waals surface area contributed by atoms with E-state index in [0.717, 1.165) is 15.3 Å². The van der Waals surface area contributed by atoms with E-state index in [0.29, 0.717) is 5.52 Å². The predicted molar refractivity (Wildman–Crippen MR) is 54.1 cm³/mol. The molecule has 14 heavy (non-hydrogen) atoms. The monoisotopic (exact) mass is 211 g/mol. The van der Waals surface area contributed by atoms with Gasteiger partial charge in [0.15, 0.2) is 0 Å². The fourth-order valence-corrected chi connectivity index (χ4v) is 2.32. The van der Waals surface area contributed by atoms with Crippen molar-refractivity contribution in [2.75, 3.05) is 0 Å². The topological polar surface area (TPSA) is 62.5 Å². The SMILES string of the molecule is Cc1cn(P(=O)(O)O)c2ccccc12. The highest BCUT2D eigenvalue weighted by Gasteiger charge is 2.19. The molecule has 0 bridgehead atoms. The first-order valence-corrected chi connectivity index (χ1v) is 5.70. The Hall–Kier alpha value is -1.09. The van der Waals surface area contributed by atoms with Crippen LogP contribution in [0.5, 0.6) is 0 Å². The van der Waals surface area contributed by atoms with Crippen LogP contribution < -0.4 is 0 Å². The van der Waals surface area contributed by atoms with Gasteiger partial charge in [-0.2, -0.15) is 0 Å². The van der Waals surface area contributed by atoms with Crippen LogP contribution >= 0.6 is 7.75 Å². The quantitative estimate of drug-likeness (QED) is 0.708. The van der Waals surface area contributed by atoms with Crippen molar-refractivity contribution < 1.29 is 14.4 Å². The van der Waals surface area contributed by atoms with Gasteiger partial charge in [0.1, 0.15) is 0 Å². The molecule has 1 aromatic heterocycles. The van der Waals surface area contributed by atoms with Crippen molar-refractivity contribution in [1.82, 2.24) is 4.34 Å². The molecule has 0 amide bonds. The lowest BCUT2D eigenvalue weighted by Gasteiger charge is -2.05. The van der Waals surface area contributed by atoms with Gasteiger partial charge in [0.05, 0.1) is 5.52 Å². The van der Waals surface area contributed by atoms with Crippen molar-refractivity contribution in [2.24, 2.45) is 0 Å². The van der Waals surface area contributed by atoms with E-state index < -0.39 is 7.75 Å². The van der Waals surface area contributed by atoms with Crippen LogP contribution in [-0.2, 0) is 4.57 Å². The predicted octanol–water partition coefficient (Wildman–Crippen LogP) is 1.89. The van der Waals surface area contributed by atoms with Gasteiger partial charge in [-0.25, -0.2) is 4.57 Å². The van der Waals surface area contributed by atoms with Crippen LogP contribution in [0.3, 0.4) is 0 Å². The fourth-order valence-electron chi connectivity index (χ4n) is 1.54. The van der Waals surface area contributed by atoms with Gasteiger partial charge in [0, 0.05) is 11.6 Å². The maximum atomic E-state index is 11.1. The zero-order valence-corrected chi connectivity index (χ0v) is 8.48. The molecule has 0 unspecified atom stereocenters. The van der Waals surface area contributed by atoms with Gasteiger partial charge in [0.2, 0.25) is 0 Å². The average molecular weight is 211 g/mol. The van der Waals surface area contributed by atoms with E-state index in [1.807, 2.05) is 19.1 Å². The molecule has 0 radical (unpaired) electrons. The Bertz CT molecular complexity index is 526. The number of benzene rings is 1. The number of aromatic nitrogens is 1. The number of aryl methyl sites for hydroxylation is 1. The van der Waals surface area contributed by atoms with E-state index in [2.05, 4.69) is 0 Å². The van der Waals surface area contributed by atoms with Crippen molar-refractivity contribution in [3.8, 4) is 0 Å². The zero-order chi connectivity index (χ0) is 10.3. The van der Waals surface area contributed by atoms with Crippen LogP contribution in [0.4, 0.5) is 0 Å². The van der Waals surface area contributed by atoms with Gasteiger partial charge < -0.3 is 9.79 Å². The second-order valence-corrected chi connectivity index (χ2v) is 4.64. The second-order valence-electron chi connectivity index (χ2n) is 3.19. The van der Waals surface area contributed by atoms with Crippen LogP contribution in [-0.4, -0.2) is 14.1 Å². The van der Waals surface area contributed by atoms with Crippen molar-refractivity contribution in [3.63, 3.8) is 0 Å². The Labute approximate surface area is 81.0 Å². The van der Waals surface area contributed by atoms with Gasteiger partial charge in [-0.15, -0.1) is 0 Å². The highest BCUT2D eigenvalue weighted by Crippen LogP contribution is 2.41. The van der Waals surface area contributed by atoms with Gasteiger partial charge in [-0.3, -0.25) is 4.34 Å². The van der Waals surface area contributed by atoms with Gasteiger partial charge >= 0.3 is 7.75 Å². The summed E-state index contributed by atoms with van der Waals surface area (Å²) in [5.74, 6) is 0. The number of nitrogens with zero attached hydrogens (tertiary/aromatic N) is 1. The van der Waals surface area contributed by atoms with E-state index in [1.54, 1.807) is 12.1 Å². The van der Waals surface area contributed by atoms with Crippen molar-refractivity contribution in [2.45, 2.75) is 6.92 Å². The van der Waals surface area contributed by atoms with Crippen molar-refractivity contribution in [3.05, 3.63) is 36.0 Å². The molecular formula is C9H10NO3P. The Kier molecular flexibility index (Phi) is 2.00. The van der Waals surface area contributed by atoms with Crippen LogP contribution in [0.1, 0.15) is 5.56 Å². The lowest BCUT2D eigenvalue weighted by Crippen LogP contribution is -1.91. The van der Waals surface area contributed by atoms with E-state index in [9.17, 15) is 4.57 Å².